The molecular weight excluding hydrogens is 298 g/mol. The largest absolute Gasteiger partial charge is 0.469 e. The number of hydrogen-bond acceptors (Lipinski definition) is 3. The number of rotatable bonds is 5. The Balaban J connectivity index is 2.76. The number of carbonyl (C=O) groups is 1. The standard InChI is InChI=1S/C11H11BrF2O3/c1-16-9(15)6-5-7-3-2-4-8(10(7)12)17-11(13)14/h2-4,11H,5-6H2,1H3. The van der Waals surface area contributed by atoms with Crippen LogP contribution in [0.3, 0.4) is 0 Å². The highest BCUT2D eigenvalue weighted by atomic mass is 79.9. The molecule has 0 aliphatic rings. The minimum absolute atomic E-state index is 0.0577. The van der Waals surface area contributed by atoms with E-state index in [1.165, 1.54) is 13.2 Å². The monoisotopic (exact) mass is 308 g/mol. The van der Waals surface area contributed by atoms with Crippen molar-refractivity contribution in [1.82, 2.24) is 0 Å². The first-order valence-corrected chi connectivity index (χ1v) is 5.63. The van der Waals surface area contributed by atoms with Crippen LogP contribution in [0, 0.1) is 0 Å². The first kappa shape index (κ1) is 13.9. The summed E-state index contributed by atoms with van der Waals surface area (Å²) in [7, 11) is 1.30. The van der Waals surface area contributed by atoms with E-state index in [0.29, 0.717) is 16.5 Å². The highest BCUT2D eigenvalue weighted by Crippen LogP contribution is 2.30. The molecule has 0 unspecified atom stereocenters. The fourth-order valence-corrected chi connectivity index (χ4v) is 1.83. The third kappa shape index (κ3) is 4.30. The van der Waals surface area contributed by atoms with Crippen LogP contribution in [0.15, 0.2) is 22.7 Å². The number of carbonyl (C=O) groups excluding carboxylic acids is 1. The van der Waals surface area contributed by atoms with Crippen LogP contribution in [0.4, 0.5) is 8.78 Å². The van der Waals surface area contributed by atoms with Crippen molar-refractivity contribution < 1.29 is 23.0 Å². The van der Waals surface area contributed by atoms with Crippen molar-refractivity contribution in [3.8, 4) is 5.75 Å². The molecule has 0 saturated carbocycles. The van der Waals surface area contributed by atoms with Gasteiger partial charge in [-0.1, -0.05) is 12.1 Å². The zero-order valence-corrected chi connectivity index (χ0v) is 10.7. The van der Waals surface area contributed by atoms with Crippen molar-refractivity contribution in [3.63, 3.8) is 0 Å². The lowest BCUT2D eigenvalue weighted by atomic mass is 10.1. The molecule has 0 aliphatic heterocycles. The third-order valence-corrected chi connectivity index (χ3v) is 2.99. The molecule has 17 heavy (non-hydrogen) atoms. The van der Waals surface area contributed by atoms with Crippen LogP contribution in [0.1, 0.15) is 12.0 Å². The first-order chi connectivity index (χ1) is 8.04. The summed E-state index contributed by atoms with van der Waals surface area (Å²) in [6.07, 6.45) is 0.584. The van der Waals surface area contributed by atoms with Crippen LogP contribution in [0.5, 0.6) is 5.75 Å². The van der Waals surface area contributed by atoms with Crippen LogP contribution in [0.25, 0.3) is 0 Å². The lowest BCUT2D eigenvalue weighted by Gasteiger charge is -2.10. The molecule has 0 fully saturated rings. The predicted molar refractivity (Wildman–Crippen MR) is 61.1 cm³/mol. The van der Waals surface area contributed by atoms with E-state index < -0.39 is 6.61 Å². The van der Waals surface area contributed by atoms with Gasteiger partial charge in [-0.05, 0) is 34.0 Å². The topological polar surface area (TPSA) is 35.5 Å². The van der Waals surface area contributed by atoms with Gasteiger partial charge in [-0.15, -0.1) is 0 Å². The van der Waals surface area contributed by atoms with E-state index in [9.17, 15) is 13.6 Å². The van der Waals surface area contributed by atoms with Crippen molar-refractivity contribution >= 4 is 21.9 Å². The van der Waals surface area contributed by atoms with Crippen LogP contribution in [-0.4, -0.2) is 19.7 Å². The number of benzene rings is 1. The first-order valence-electron chi connectivity index (χ1n) is 4.83. The van der Waals surface area contributed by atoms with Crippen LogP contribution < -0.4 is 4.74 Å². The summed E-state index contributed by atoms with van der Waals surface area (Å²) in [5.41, 5.74) is 0.716. The van der Waals surface area contributed by atoms with E-state index in [1.807, 2.05) is 0 Å². The molecule has 0 atom stereocenters. The molecule has 1 aromatic carbocycles. The Labute approximate surface area is 106 Å². The zero-order valence-electron chi connectivity index (χ0n) is 9.08. The number of ether oxygens (including phenoxy) is 2. The summed E-state index contributed by atoms with van der Waals surface area (Å²) in [5.74, 6) is -0.292. The summed E-state index contributed by atoms with van der Waals surface area (Å²) in [4.78, 5) is 11.0. The van der Waals surface area contributed by atoms with E-state index in [0.717, 1.165) is 0 Å². The van der Waals surface area contributed by atoms with Gasteiger partial charge in [0.1, 0.15) is 5.75 Å². The van der Waals surface area contributed by atoms with Crippen molar-refractivity contribution in [2.75, 3.05) is 7.11 Å². The quantitative estimate of drug-likeness (QED) is 0.784. The summed E-state index contributed by atoms with van der Waals surface area (Å²) in [6.45, 7) is -2.87. The van der Waals surface area contributed by atoms with Crippen molar-refractivity contribution in [2.45, 2.75) is 19.5 Å². The Hall–Kier alpha value is -1.17. The number of alkyl halides is 2. The predicted octanol–water partition coefficient (Wildman–Crippen LogP) is 3.16. The molecule has 1 rings (SSSR count). The maximum absolute atomic E-state index is 12.1. The average Bonchev–Trinajstić information content (AvgIpc) is 2.29. The van der Waals surface area contributed by atoms with E-state index in [4.69, 9.17) is 0 Å². The van der Waals surface area contributed by atoms with Gasteiger partial charge >= 0.3 is 12.6 Å². The van der Waals surface area contributed by atoms with Gasteiger partial charge in [0.25, 0.3) is 0 Å². The molecule has 94 valence electrons. The van der Waals surface area contributed by atoms with E-state index in [1.54, 1.807) is 12.1 Å². The molecule has 0 amide bonds. The Morgan fingerprint density at radius 3 is 2.76 bits per heavy atom. The highest BCUT2D eigenvalue weighted by Gasteiger charge is 2.12. The normalized spacial score (nSPS) is 10.4. The van der Waals surface area contributed by atoms with Gasteiger partial charge in [0.15, 0.2) is 0 Å². The molecular formula is C11H11BrF2O3. The summed E-state index contributed by atoms with van der Waals surface area (Å²) in [5, 5.41) is 0. The second-order valence-electron chi connectivity index (χ2n) is 3.18. The van der Waals surface area contributed by atoms with Gasteiger partial charge in [0, 0.05) is 6.42 Å². The van der Waals surface area contributed by atoms with E-state index in [2.05, 4.69) is 25.4 Å². The van der Waals surface area contributed by atoms with Gasteiger partial charge in [0.2, 0.25) is 0 Å². The molecule has 6 heteroatoms. The Morgan fingerprint density at radius 2 is 2.18 bits per heavy atom. The molecule has 3 nitrogen and oxygen atoms in total. The summed E-state index contributed by atoms with van der Waals surface area (Å²) in [6, 6.07) is 4.75. The molecule has 0 radical (unpaired) electrons. The van der Waals surface area contributed by atoms with Crippen LogP contribution >= 0.6 is 15.9 Å². The Morgan fingerprint density at radius 1 is 1.47 bits per heavy atom. The van der Waals surface area contributed by atoms with Gasteiger partial charge in [-0.25, -0.2) is 0 Å². The Bertz CT molecular complexity index is 396. The number of methoxy groups -OCH3 is 1. The number of esters is 1. The Kier molecular flexibility index (Phi) is 5.34. The van der Waals surface area contributed by atoms with E-state index in [-0.39, 0.29) is 18.1 Å². The minimum atomic E-state index is -2.87. The summed E-state index contributed by atoms with van der Waals surface area (Å²) < 4.78 is 33.4. The molecule has 1 aromatic rings. The summed E-state index contributed by atoms with van der Waals surface area (Å²) >= 11 is 3.17. The van der Waals surface area contributed by atoms with Gasteiger partial charge in [-0.3, -0.25) is 4.79 Å². The minimum Gasteiger partial charge on any atom is -0.469 e. The second-order valence-corrected chi connectivity index (χ2v) is 3.98. The van der Waals surface area contributed by atoms with Crippen molar-refractivity contribution in [1.29, 1.82) is 0 Å². The molecule has 0 heterocycles. The fourth-order valence-electron chi connectivity index (χ4n) is 1.28. The SMILES string of the molecule is COC(=O)CCc1cccc(OC(F)F)c1Br. The second kappa shape index (κ2) is 6.54. The molecule has 0 aromatic heterocycles. The van der Waals surface area contributed by atoms with Crippen LogP contribution in [-0.2, 0) is 16.0 Å². The lowest BCUT2D eigenvalue weighted by Crippen LogP contribution is -2.05. The maximum atomic E-state index is 12.1. The zero-order chi connectivity index (χ0) is 12.8. The van der Waals surface area contributed by atoms with E-state index >= 15 is 0 Å². The van der Waals surface area contributed by atoms with Crippen molar-refractivity contribution in [3.05, 3.63) is 28.2 Å². The number of hydrogen-bond donors (Lipinski definition) is 0. The molecule has 0 spiro atoms. The van der Waals surface area contributed by atoms with Gasteiger partial charge in [0.05, 0.1) is 11.6 Å². The van der Waals surface area contributed by atoms with Crippen molar-refractivity contribution in [2.24, 2.45) is 0 Å². The molecule has 0 saturated heterocycles. The number of halogens is 3. The molecule has 0 N–H and O–H groups in total. The molecule has 0 aliphatic carbocycles. The highest BCUT2D eigenvalue weighted by molar-refractivity contribution is 9.10. The average molecular weight is 309 g/mol. The molecule has 0 bridgehead atoms. The van der Waals surface area contributed by atoms with Crippen LogP contribution in [0.2, 0.25) is 0 Å². The fraction of sp³-hybridized carbons (Fsp3) is 0.364. The third-order valence-electron chi connectivity index (χ3n) is 2.09. The lowest BCUT2D eigenvalue weighted by molar-refractivity contribution is -0.140. The van der Waals surface area contributed by atoms with Gasteiger partial charge in [-0.2, -0.15) is 8.78 Å². The smallest absolute Gasteiger partial charge is 0.387 e. The number of aryl methyl sites for hydroxylation is 1. The maximum Gasteiger partial charge on any atom is 0.387 e. The van der Waals surface area contributed by atoms with Gasteiger partial charge < -0.3 is 9.47 Å².